The molecule has 7 nitrogen and oxygen atoms in total. The number of fused-ring (bicyclic) bond motifs is 1. The molecule has 3 rings (SSSR count). The Morgan fingerprint density at radius 3 is 2.76 bits per heavy atom. The van der Waals surface area contributed by atoms with Crippen molar-refractivity contribution in [3.05, 3.63) is 42.1 Å². The Morgan fingerprint density at radius 2 is 1.88 bits per heavy atom. The Balaban J connectivity index is 1.55. The van der Waals surface area contributed by atoms with Crippen molar-refractivity contribution < 1.29 is 14.4 Å². The minimum absolute atomic E-state index is 0.0184. The van der Waals surface area contributed by atoms with Crippen LogP contribution in [-0.4, -0.2) is 40.7 Å². The number of hydrazine groups is 1. The molecule has 0 aliphatic carbocycles. The molecule has 1 aliphatic heterocycles. The summed E-state index contributed by atoms with van der Waals surface area (Å²) in [5.41, 5.74) is 5.61. The van der Waals surface area contributed by atoms with E-state index in [1.54, 1.807) is 12.1 Å². The summed E-state index contributed by atoms with van der Waals surface area (Å²) in [5, 5.41) is 0.933. The fraction of sp³-hybridized carbons (Fsp3) is 0.333. The standard InChI is InChI=1S/C18H20N4O3/c23-16(12-22-11-5-1-2-8-17(22)24)20-21-18(25)15-10-9-13-6-3-4-7-14(13)19-15/h3-4,6-7,9-10H,1-2,5,8,11-12H2,(H,20,23)(H,21,25). The van der Waals surface area contributed by atoms with E-state index in [-0.39, 0.29) is 18.1 Å². The van der Waals surface area contributed by atoms with Crippen LogP contribution in [-0.2, 0) is 9.59 Å². The molecule has 2 N–H and O–H groups in total. The molecule has 1 fully saturated rings. The van der Waals surface area contributed by atoms with E-state index in [9.17, 15) is 14.4 Å². The van der Waals surface area contributed by atoms with Gasteiger partial charge in [0.15, 0.2) is 0 Å². The van der Waals surface area contributed by atoms with Crippen molar-refractivity contribution in [2.24, 2.45) is 0 Å². The van der Waals surface area contributed by atoms with Crippen molar-refractivity contribution in [1.82, 2.24) is 20.7 Å². The molecule has 3 amide bonds. The van der Waals surface area contributed by atoms with Crippen LogP contribution in [0.1, 0.15) is 36.2 Å². The molecule has 1 aliphatic rings. The number of carbonyl (C=O) groups excluding carboxylic acids is 3. The quantitative estimate of drug-likeness (QED) is 0.826. The molecular weight excluding hydrogens is 320 g/mol. The molecular formula is C18H20N4O3. The van der Waals surface area contributed by atoms with Gasteiger partial charge in [0.05, 0.1) is 5.52 Å². The van der Waals surface area contributed by atoms with Gasteiger partial charge in [-0.05, 0) is 25.0 Å². The van der Waals surface area contributed by atoms with Crippen molar-refractivity contribution >= 4 is 28.6 Å². The number of nitrogens with one attached hydrogen (secondary N) is 2. The van der Waals surface area contributed by atoms with Crippen molar-refractivity contribution in [3.8, 4) is 0 Å². The van der Waals surface area contributed by atoms with E-state index in [0.29, 0.717) is 18.5 Å². The lowest BCUT2D eigenvalue weighted by atomic mass is 10.2. The molecule has 0 atom stereocenters. The number of hydrogen-bond acceptors (Lipinski definition) is 4. The summed E-state index contributed by atoms with van der Waals surface area (Å²) in [7, 11) is 0. The van der Waals surface area contributed by atoms with E-state index in [1.165, 1.54) is 4.90 Å². The first-order valence-electron chi connectivity index (χ1n) is 8.36. The van der Waals surface area contributed by atoms with Gasteiger partial charge >= 0.3 is 0 Å². The van der Waals surface area contributed by atoms with Gasteiger partial charge in [0.25, 0.3) is 11.8 Å². The summed E-state index contributed by atoms with van der Waals surface area (Å²) in [6, 6.07) is 10.9. The summed E-state index contributed by atoms with van der Waals surface area (Å²) < 4.78 is 0. The van der Waals surface area contributed by atoms with Crippen LogP contribution in [0.5, 0.6) is 0 Å². The van der Waals surface area contributed by atoms with Gasteiger partial charge in [-0.1, -0.05) is 30.7 Å². The van der Waals surface area contributed by atoms with Gasteiger partial charge in [-0.2, -0.15) is 0 Å². The monoisotopic (exact) mass is 340 g/mol. The maximum Gasteiger partial charge on any atom is 0.288 e. The third-order valence-corrected chi connectivity index (χ3v) is 4.15. The molecule has 130 valence electrons. The second kappa shape index (κ2) is 7.74. The predicted molar refractivity (Wildman–Crippen MR) is 92.4 cm³/mol. The molecule has 0 bridgehead atoms. The topological polar surface area (TPSA) is 91.4 Å². The first-order valence-corrected chi connectivity index (χ1v) is 8.36. The Kier molecular flexibility index (Phi) is 5.23. The Bertz CT molecular complexity index is 806. The van der Waals surface area contributed by atoms with Gasteiger partial charge in [-0.25, -0.2) is 4.98 Å². The number of likely N-dealkylation sites (tertiary alicyclic amines) is 1. The molecule has 0 spiro atoms. The van der Waals surface area contributed by atoms with Crippen LogP contribution in [0.25, 0.3) is 10.9 Å². The summed E-state index contributed by atoms with van der Waals surface area (Å²) in [4.78, 5) is 41.8. The molecule has 1 aromatic carbocycles. The molecule has 1 aromatic heterocycles. The maximum atomic E-state index is 12.1. The van der Waals surface area contributed by atoms with Gasteiger partial charge in [-0.15, -0.1) is 0 Å². The minimum atomic E-state index is -0.499. The van der Waals surface area contributed by atoms with Crippen molar-refractivity contribution in [1.29, 1.82) is 0 Å². The van der Waals surface area contributed by atoms with E-state index >= 15 is 0 Å². The second-order valence-electron chi connectivity index (χ2n) is 6.02. The summed E-state index contributed by atoms with van der Waals surface area (Å²) in [6.07, 6.45) is 3.22. The van der Waals surface area contributed by atoms with Crippen LogP contribution in [0, 0.1) is 0 Å². The zero-order chi connectivity index (χ0) is 17.6. The molecule has 2 heterocycles. The molecule has 1 saturated heterocycles. The van der Waals surface area contributed by atoms with Crippen LogP contribution >= 0.6 is 0 Å². The first kappa shape index (κ1) is 16.9. The van der Waals surface area contributed by atoms with Gasteiger partial charge in [-0.3, -0.25) is 25.2 Å². The van der Waals surface area contributed by atoms with Crippen LogP contribution in [0.4, 0.5) is 0 Å². The number of benzene rings is 1. The SMILES string of the molecule is O=C(CN1CCCCCC1=O)NNC(=O)c1ccc2ccccc2n1. The smallest absolute Gasteiger partial charge is 0.288 e. The highest BCUT2D eigenvalue weighted by Crippen LogP contribution is 2.12. The fourth-order valence-corrected chi connectivity index (χ4v) is 2.80. The van der Waals surface area contributed by atoms with Crippen LogP contribution in [0.2, 0.25) is 0 Å². The van der Waals surface area contributed by atoms with Crippen molar-refractivity contribution in [2.45, 2.75) is 25.7 Å². The van der Waals surface area contributed by atoms with Crippen molar-refractivity contribution in [2.75, 3.05) is 13.1 Å². The number of nitrogens with zero attached hydrogens (tertiary/aromatic N) is 2. The molecule has 0 saturated carbocycles. The summed E-state index contributed by atoms with van der Waals surface area (Å²) in [6.45, 7) is 0.524. The fourth-order valence-electron chi connectivity index (χ4n) is 2.80. The van der Waals surface area contributed by atoms with Crippen molar-refractivity contribution in [3.63, 3.8) is 0 Å². The molecule has 0 unspecified atom stereocenters. The Labute approximate surface area is 145 Å². The highest BCUT2D eigenvalue weighted by molar-refractivity contribution is 5.96. The molecule has 25 heavy (non-hydrogen) atoms. The number of para-hydroxylation sites is 1. The number of pyridine rings is 1. The van der Waals surface area contributed by atoms with Gasteiger partial charge in [0, 0.05) is 18.4 Å². The number of rotatable bonds is 3. The van der Waals surface area contributed by atoms with Crippen LogP contribution in [0.3, 0.4) is 0 Å². The minimum Gasteiger partial charge on any atom is -0.333 e. The highest BCUT2D eigenvalue weighted by atomic mass is 16.2. The third-order valence-electron chi connectivity index (χ3n) is 4.15. The number of carbonyl (C=O) groups is 3. The average molecular weight is 340 g/mol. The van der Waals surface area contributed by atoms with E-state index in [0.717, 1.165) is 24.6 Å². The summed E-state index contributed by atoms with van der Waals surface area (Å²) >= 11 is 0. The zero-order valence-corrected chi connectivity index (χ0v) is 13.8. The first-order chi connectivity index (χ1) is 12.1. The zero-order valence-electron chi connectivity index (χ0n) is 13.8. The third kappa shape index (κ3) is 4.32. The van der Waals surface area contributed by atoms with E-state index in [1.807, 2.05) is 24.3 Å². The lowest BCUT2D eigenvalue weighted by Gasteiger charge is -2.19. The summed E-state index contributed by atoms with van der Waals surface area (Å²) in [5.74, 6) is -0.944. The van der Waals surface area contributed by atoms with E-state index < -0.39 is 11.8 Å². The molecule has 2 aromatic rings. The number of hydrogen-bond donors (Lipinski definition) is 2. The largest absolute Gasteiger partial charge is 0.333 e. The van der Waals surface area contributed by atoms with E-state index in [4.69, 9.17) is 0 Å². The lowest BCUT2D eigenvalue weighted by molar-refractivity contribution is -0.135. The normalized spacial score (nSPS) is 14.9. The van der Waals surface area contributed by atoms with Gasteiger partial charge in [0.1, 0.15) is 12.2 Å². The van der Waals surface area contributed by atoms with Gasteiger partial charge in [0.2, 0.25) is 5.91 Å². The lowest BCUT2D eigenvalue weighted by Crippen LogP contribution is -2.47. The van der Waals surface area contributed by atoms with Gasteiger partial charge < -0.3 is 4.90 Å². The Morgan fingerprint density at radius 1 is 1.04 bits per heavy atom. The van der Waals surface area contributed by atoms with E-state index in [2.05, 4.69) is 15.8 Å². The second-order valence-corrected chi connectivity index (χ2v) is 6.02. The number of aromatic nitrogens is 1. The highest BCUT2D eigenvalue weighted by Gasteiger charge is 2.19. The van der Waals surface area contributed by atoms with Crippen LogP contribution < -0.4 is 10.9 Å². The Hall–Kier alpha value is -2.96. The molecule has 7 heteroatoms. The molecule has 0 radical (unpaired) electrons. The number of amides is 3. The van der Waals surface area contributed by atoms with Crippen LogP contribution in [0.15, 0.2) is 36.4 Å². The maximum absolute atomic E-state index is 12.1. The predicted octanol–water partition coefficient (Wildman–Crippen LogP) is 1.40. The average Bonchev–Trinajstić information content (AvgIpc) is 2.83.